The molecule has 0 aromatic carbocycles. The van der Waals surface area contributed by atoms with Gasteiger partial charge in [-0.2, -0.15) is 0 Å². The Kier molecular flexibility index (Phi) is 10.8. The number of nitrogens with one attached hydrogen (secondary N) is 1. The highest BCUT2D eigenvalue weighted by molar-refractivity contribution is 7.10. The van der Waals surface area contributed by atoms with Crippen molar-refractivity contribution in [1.29, 1.82) is 0 Å². The summed E-state index contributed by atoms with van der Waals surface area (Å²) in [5, 5.41) is 5.80. The Hall–Kier alpha value is -0.380. The van der Waals surface area contributed by atoms with Gasteiger partial charge in [-0.3, -0.25) is 0 Å². The molecular weight excluding hydrogens is 276 g/mol. The Morgan fingerprint density at radius 1 is 1.05 bits per heavy atom. The van der Waals surface area contributed by atoms with Gasteiger partial charge in [0.1, 0.15) is 0 Å². The van der Waals surface area contributed by atoms with Gasteiger partial charge in [0.05, 0.1) is 6.04 Å². The van der Waals surface area contributed by atoms with Gasteiger partial charge < -0.3 is 10.2 Å². The van der Waals surface area contributed by atoms with Crippen molar-refractivity contribution in [2.45, 2.75) is 64.3 Å². The zero-order chi connectivity index (χ0) is 15.3. The highest BCUT2D eigenvalue weighted by Crippen LogP contribution is 2.22. The van der Waals surface area contributed by atoms with Crippen LogP contribution in [0.2, 0.25) is 0 Å². The van der Waals surface area contributed by atoms with Gasteiger partial charge in [0.2, 0.25) is 0 Å². The summed E-state index contributed by atoms with van der Waals surface area (Å²) >= 11 is 1.86. The van der Waals surface area contributed by atoms with Gasteiger partial charge in [0.15, 0.2) is 0 Å². The molecule has 1 aromatic heterocycles. The fraction of sp³-hybridized carbons (Fsp3) is 0.778. The predicted octanol–water partition coefficient (Wildman–Crippen LogP) is 5.08. The van der Waals surface area contributed by atoms with Crippen LogP contribution in [0, 0.1) is 0 Å². The van der Waals surface area contributed by atoms with E-state index in [1.807, 2.05) is 11.3 Å². The first-order valence-corrected chi connectivity index (χ1v) is 9.54. The van der Waals surface area contributed by atoms with Gasteiger partial charge in [0, 0.05) is 11.4 Å². The zero-order valence-electron chi connectivity index (χ0n) is 14.2. The second-order valence-electron chi connectivity index (χ2n) is 6.17. The lowest BCUT2D eigenvalue weighted by molar-refractivity contribution is 0.292. The van der Waals surface area contributed by atoms with E-state index in [1.54, 1.807) is 0 Å². The van der Waals surface area contributed by atoms with E-state index in [2.05, 4.69) is 48.7 Å². The van der Waals surface area contributed by atoms with E-state index < -0.39 is 0 Å². The Morgan fingerprint density at radius 2 is 1.71 bits per heavy atom. The van der Waals surface area contributed by atoms with Crippen molar-refractivity contribution in [3.63, 3.8) is 0 Å². The van der Waals surface area contributed by atoms with E-state index in [-0.39, 0.29) is 0 Å². The maximum Gasteiger partial charge on any atom is 0.0561 e. The van der Waals surface area contributed by atoms with Crippen LogP contribution in [0.4, 0.5) is 0 Å². The largest absolute Gasteiger partial charge is 0.315 e. The third kappa shape index (κ3) is 8.60. The van der Waals surface area contributed by atoms with Crippen LogP contribution in [0.5, 0.6) is 0 Å². The van der Waals surface area contributed by atoms with E-state index in [0.717, 1.165) is 13.1 Å². The van der Waals surface area contributed by atoms with E-state index in [1.165, 1.54) is 56.2 Å². The minimum absolute atomic E-state index is 0.513. The lowest BCUT2D eigenvalue weighted by Gasteiger charge is -2.23. The third-order valence-electron chi connectivity index (χ3n) is 4.04. The molecule has 3 heteroatoms. The van der Waals surface area contributed by atoms with Crippen molar-refractivity contribution in [3.8, 4) is 0 Å². The molecule has 0 spiro atoms. The van der Waals surface area contributed by atoms with E-state index in [0.29, 0.717) is 6.04 Å². The first-order valence-electron chi connectivity index (χ1n) is 8.66. The van der Waals surface area contributed by atoms with Gasteiger partial charge in [-0.25, -0.2) is 0 Å². The molecule has 0 saturated heterocycles. The highest BCUT2D eigenvalue weighted by atomic mass is 32.1. The Morgan fingerprint density at radius 3 is 2.29 bits per heavy atom. The van der Waals surface area contributed by atoms with E-state index >= 15 is 0 Å². The number of rotatable bonds is 13. The molecule has 2 nitrogen and oxygen atoms in total. The summed E-state index contributed by atoms with van der Waals surface area (Å²) < 4.78 is 0. The van der Waals surface area contributed by atoms with Crippen molar-refractivity contribution >= 4 is 11.3 Å². The molecule has 122 valence electrons. The molecule has 1 N–H and O–H groups in total. The van der Waals surface area contributed by atoms with Crippen molar-refractivity contribution in [3.05, 3.63) is 22.4 Å². The van der Waals surface area contributed by atoms with Crippen LogP contribution < -0.4 is 5.32 Å². The molecule has 0 bridgehead atoms. The van der Waals surface area contributed by atoms with Crippen molar-refractivity contribution < 1.29 is 0 Å². The molecule has 0 aliphatic heterocycles. The summed E-state index contributed by atoms with van der Waals surface area (Å²) in [6.45, 7) is 4.50. The number of hydrogen-bond donors (Lipinski definition) is 1. The standard InChI is InChI=1S/C18H34N2S/c1-4-5-6-7-8-9-10-11-14-19-16-17(20(2)3)18-13-12-15-21-18/h12-13,15,17,19H,4-11,14,16H2,1-3H3. The van der Waals surface area contributed by atoms with Crippen molar-refractivity contribution in [2.24, 2.45) is 0 Å². The summed E-state index contributed by atoms with van der Waals surface area (Å²) in [5.41, 5.74) is 0. The monoisotopic (exact) mass is 310 g/mol. The topological polar surface area (TPSA) is 15.3 Å². The van der Waals surface area contributed by atoms with Gasteiger partial charge in [-0.05, 0) is 38.5 Å². The van der Waals surface area contributed by atoms with Crippen LogP contribution in [0.25, 0.3) is 0 Å². The fourth-order valence-corrected chi connectivity index (χ4v) is 3.56. The summed E-state index contributed by atoms with van der Waals surface area (Å²) in [4.78, 5) is 3.77. The van der Waals surface area contributed by atoms with Crippen LogP contribution in [0.3, 0.4) is 0 Å². The lowest BCUT2D eigenvalue weighted by Crippen LogP contribution is -2.31. The number of likely N-dealkylation sites (N-methyl/N-ethyl adjacent to an activating group) is 1. The van der Waals surface area contributed by atoms with Gasteiger partial charge >= 0.3 is 0 Å². The van der Waals surface area contributed by atoms with Crippen LogP contribution in [-0.4, -0.2) is 32.1 Å². The average Bonchev–Trinajstić information content (AvgIpc) is 2.98. The summed E-state index contributed by atoms with van der Waals surface area (Å²) in [6, 6.07) is 4.90. The van der Waals surface area contributed by atoms with Gasteiger partial charge in [-0.1, -0.05) is 57.9 Å². The fourth-order valence-electron chi connectivity index (χ4n) is 2.64. The van der Waals surface area contributed by atoms with E-state index in [4.69, 9.17) is 0 Å². The first-order chi connectivity index (χ1) is 10.3. The van der Waals surface area contributed by atoms with Crippen LogP contribution in [0.1, 0.15) is 69.2 Å². The Labute approximate surface area is 135 Å². The van der Waals surface area contributed by atoms with Gasteiger partial charge in [-0.15, -0.1) is 11.3 Å². The molecule has 1 unspecified atom stereocenters. The predicted molar refractivity (Wildman–Crippen MR) is 96.2 cm³/mol. The Bertz CT molecular complexity index is 322. The number of nitrogens with zero attached hydrogens (tertiary/aromatic N) is 1. The second-order valence-corrected chi connectivity index (χ2v) is 7.15. The molecular formula is C18H34N2S. The minimum atomic E-state index is 0.513. The lowest BCUT2D eigenvalue weighted by atomic mass is 10.1. The smallest absolute Gasteiger partial charge is 0.0561 e. The maximum atomic E-state index is 3.63. The van der Waals surface area contributed by atoms with Gasteiger partial charge in [0.25, 0.3) is 0 Å². The molecule has 0 fully saturated rings. The second kappa shape index (κ2) is 12.2. The molecule has 1 atom stereocenters. The molecule has 21 heavy (non-hydrogen) atoms. The average molecular weight is 311 g/mol. The SMILES string of the molecule is CCCCCCCCCCNCC(c1cccs1)N(C)C. The molecule has 0 radical (unpaired) electrons. The molecule has 1 rings (SSSR count). The molecule has 0 saturated carbocycles. The summed E-state index contributed by atoms with van der Waals surface area (Å²) in [6.07, 6.45) is 11.2. The molecule has 1 aromatic rings. The highest BCUT2D eigenvalue weighted by Gasteiger charge is 2.13. The number of unbranched alkanes of at least 4 members (excludes halogenated alkanes) is 7. The molecule has 0 aliphatic carbocycles. The van der Waals surface area contributed by atoms with Crippen LogP contribution in [0.15, 0.2) is 17.5 Å². The molecule has 0 aliphatic rings. The summed E-state index contributed by atoms with van der Waals surface area (Å²) in [7, 11) is 4.34. The first kappa shape index (κ1) is 18.7. The molecule has 0 amide bonds. The normalized spacial score (nSPS) is 13.0. The Balaban J connectivity index is 2.00. The number of thiophene rings is 1. The van der Waals surface area contributed by atoms with Crippen molar-refractivity contribution in [1.82, 2.24) is 10.2 Å². The van der Waals surface area contributed by atoms with Crippen LogP contribution in [-0.2, 0) is 0 Å². The third-order valence-corrected chi connectivity index (χ3v) is 5.01. The number of hydrogen-bond acceptors (Lipinski definition) is 3. The minimum Gasteiger partial charge on any atom is -0.315 e. The van der Waals surface area contributed by atoms with E-state index in [9.17, 15) is 0 Å². The molecule has 1 heterocycles. The quantitative estimate of drug-likeness (QED) is 0.511. The maximum absolute atomic E-state index is 3.63. The van der Waals surface area contributed by atoms with Crippen LogP contribution >= 0.6 is 11.3 Å². The van der Waals surface area contributed by atoms with Crippen molar-refractivity contribution in [2.75, 3.05) is 27.2 Å². The summed E-state index contributed by atoms with van der Waals surface area (Å²) in [5.74, 6) is 0. The zero-order valence-corrected chi connectivity index (χ0v) is 15.1.